The van der Waals surface area contributed by atoms with Crippen LogP contribution >= 0.6 is 23.3 Å². The fraction of sp³-hybridized carbons (Fsp3) is 0.154. The molecule has 0 atom stereocenters. The summed E-state index contributed by atoms with van der Waals surface area (Å²) in [6.07, 6.45) is 3.31. The molecule has 0 saturated heterocycles. The third kappa shape index (κ3) is 3.26. The second-order valence-electron chi connectivity index (χ2n) is 3.78. The van der Waals surface area contributed by atoms with Crippen LogP contribution in [0, 0.1) is 11.3 Å². The van der Waals surface area contributed by atoms with E-state index in [0.29, 0.717) is 26.9 Å². The maximum absolute atomic E-state index is 9.92. The Hall–Kier alpha value is -2.24. The molecule has 0 fully saturated rings. The Morgan fingerprint density at radius 3 is 3.05 bits per heavy atom. The second-order valence-corrected chi connectivity index (χ2v) is 5.34. The van der Waals surface area contributed by atoms with Crippen LogP contribution < -0.4 is 10.2 Å². The lowest BCUT2D eigenvalue weighted by molar-refractivity contribution is 0.373. The highest BCUT2D eigenvalue weighted by atomic mass is 32.2. The zero-order valence-electron chi connectivity index (χ0n) is 11.3. The minimum Gasteiger partial charge on any atom is -0.504 e. The van der Waals surface area contributed by atoms with Crippen LogP contribution in [-0.2, 0) is 0 Å². The summed E-state index contributed by atoms with van der Waals surface area (Å²) in [7, 11) is 1.48. The zero-order chi connectivity index (χ0) is 15.2. The summed E-state index contributed by atoms with van der Waals surface area (Å²) in [5.74, 6) is 0.388. The Morgan fingerprint density at radius 1 is 1.57 bits per heavy atom. The van der Waals surface area contributed by atoms with Crippen LogP contribution in [0.5, 0.6) is 11.5 Å². The number of rotatable bonds is 5. The van der Waals surface area contributed by atoms with Gasteiger partial charge in [0.2, 0.25) is 0 Å². The van der Waals surface area contributed by atoms with Gasteiger partial charge in [0.1, 0.15) is 21.7 Å². The van der Waals surface area contributed by atoms with Gasteiger partial charge in [0.15, 0.2) is 11.5 Å². The highest BCUT2D eigenvalue weighted by molar-refractivity contribution is 7.98. The average Bonchev–Trinajstić information content (AvgIpc) is 2.91. The van der Waals surface area contributed by atoms with E-state index in [0.717, 1.165) is 0 Å². The summed E-state index contributed by atoms with van der Waals surface area (Å²) < 4.78 is 9.17. The molecular weight excluding hydrogens is 308 g/mol. The van der Waals surface area contributed by atoms with Crippen molar-refractivity contribution in [1.29, 1.82) is 5.26 Å². The summed E-state index contributed by atoms with van der Waals surface area (Å²) in [4.78, 5) is 0. The molecule has 1 aromatic heterocycles. The number of hydrazone groups is 1. The number of ether oxygens (including phenoxy) is 1. The first-order valence-corrected chi connectivity index (χ1v) is 7.79. The largest absolute Gasteiger partial charge is 0.504 e. The molecule has 2 aromatic rings. The molecule has 0 bridgehead atoms. The maximum atomic E-state index is 9.92. The van der Waals surface area contributed by atoms with Crippen molar-refractivity contribution in [3.63, 3.8) is 0 Å². The second kappa shape index (κ2) is 6.97. The monoisotopic (exact) mass is 320 g/mol. The van der Waals surface area contributed by atoms with Crippen LogP contribution in [0.25, 0.3) is 0 Å². The number of benzene rings is 1. The Kier molecular flexibility index (Phi) is 5.03. The number of nitrogens with zero attached hydrogens (tertiary/aromatic N) is 3. The highest BCUT2D eigenvalue weighted by Gasteiger charge is 2.12. The van der Waals surface area contributed by atoms with E-state index in [9.17, 15) is 5.11 Å². The molecule has 108 valence electrons. The van der Waals surface area contributed by atoms with Crippen molar-refractivity contribution < 1.29 is 9.84 Å². The fourth-order valence-corrected chi connectivity index (χ4v) is 2.98. The lowest BCUT2D eigenvalue weighted by Crippen LogP contribution is -1.92. The topological polar surface area (TPSA) is 90.5 Å². The Balaban J connectivity index is 2.17. The molecule has 21 heavy (non-hydrogen) atoms. The molecule has 0 aliphatic rings. The predicted molar refractivity (Wildman–Crippen MR) is 84.5 cm³/mol. The lowest BCUT2D eigenvalue weighted by Gasteiger charge is -2.04. The van der Waals surface area contributed by atoms with Crippen LogP contribution in [0.3, 0.4) is 0 Å². The van der Waals surface area contributed by atoms with E-state index in [1.807, 2.05) is 6.26 Å². The summed E-state index contributed by atoms with van der Waals surface area (Å²) in [5.41, 5.74) is 3.75. The molecule has 6 nitrogen and oxygen atoms in total. The van der Waals surface area contributed by atoms with Gasteiger partial charge in [-0.15, -0.1) is 11.8 Å². The van der Waals surface area contributed by atoms with Crippen LogP contribution in [-0.4, -0.2) is 29.1 Å². The van der Waals surface area contributed by atoms with E-state index in [1.165, 1.54) is 36.6 Å². The molecule has 0 aliphatic carbocycles. The number of aromatic nitrogens is 1. The van der Waals surface area contributed by atoms with Gasteiger partial charge in [-0.05, 0) is 29.9 Å². The van der Waals surface area contributed by atoms with E-state index >= 15 is 0 Å². The first-order valence-electron chi connectivity index (χ1n) is 5.80. The number of hydrogen-bond donors (Lipinski definition) is 2. The molecule has 0 radical (unpaired) electrons. The van der Waals surface area contributed by atoms with Gasteiger partial charge in [0.05, 0.1) is 13.3 Å². The van der Waals surface area contributed by atoms with Gasteiger partial charge in [-0.1, -0.05) is 6.07 Å². The number of methoxy groups -OCH3 is 1. The van der Waals surface area contributed by atoms with E-state index < -0.39 is 0 Å². The van der Waals surface area contributed by atoms with Crippen molar-refractivity contribution in [2.75, 3.05) is 18.8 Å². The van der Waals surface area contributed by atoms with Gasteiger partial charge in [0, 0.05) is 5.56 Å². The minimum absolute atomic E-state index is 0.0140. The van der Waals surface area contributed by atoms with Crippen molar-refractivity contribution in [2.24, 2.45) is 5.10 Å². The number of nitrogens with one attached hydrogen (secondary N) is 1. The molecular formula is C13H12N4O2S2. The number of thioether (sulfide) groups is 1. The number of phenolic OH excluding ortho intramolecular Hbond substituents is 1. The first kappa shape index (κ1) is 15.2. The molecule has 0 spiro atoms. The molecule has 0 saturated carbocycles. The summed E-state index contributed by atoms with van der Waals surface area (Å²) in [5, 5.41) is 24.3. The van der Waals surface area contributed by atoms with Crippen molar-refractivity contribution in [3.8, 4) is 17.6 Å². The number of aromatic hydroxyl groups is 1. The molecule has 2 N–H and O–H groups in total. The van der Waals surface area contributed by atoms with Gasteiger partial charge in [-0.2, -0.15) is 14.7 Å². The summed E-state index contributed by atoms with van der Waals surface area (Å²) in [6, 6.07) is 7.20. The standard InChI is InChI=1S/C13H12N4O2S2/c1-19-10-5-3-4-8(11(10)18)7-15-16-12-9(6-14)13(20-2)17-21-12/h3-5,7,16,18H,1-2H3/b15-7+. The lowest BCUT2D eigenvalue weighted by atomic mass is 10.2. The number of nitriles is 1. The molecule has 1 heterocycles. The number of phenols is 1. The van der Waals surface area contributed by atoms with E-state index in [2.05, 4.69) is 21.0 Å². The third-order valence-corrected chi connectivity index (χ3v) is 4.14. The van der Waals surface area contributed by atoms with Crippen molar-refractivity contribution >= 4 is 34.5 Å². The average molecular weight is 320 g/mol. The Labute approximate surface area is 130 Å². The molecule has 0 amide bonds. The van der Waals surface area contributed by atoms with Crippen molar-refractivity contribution in [3.05, 3.63) is 29.3 Å². The maximum Gasteiger partial charge on any atom is 0.166 e. The van der Waals surface area contributed by atoms with Crippen molar-refractivity contribution in [2.45, 2.75) is 5.03 Å². The minimum atomic E-state index is 0.0140. The van der Waals surface area contributed by atoms with Crippen LogP contribution in [0.1, 0.15) is 11.1 Å². The van der Waals surface area contributed by atoms with E-state index in [1.54, 1.807) is 18.2 Å². The van der Waals surface area contributed by atoms with Gasteiger partial charge in [-0.25, -0.2) is 0 Å². The van der Waals surface area contributed by atoms with Gasteiger partial charge in [0.25, 0.3) is 0 Å². The van der Waals surface area contributed by atoms with Crippen LogP contribution in [0.4, 0.5) is 5.00 Å². The normalized spacial score (nSPS) is 10.5. The number of hydrogen-bond acceptors (Lipinski definition) is 8. The Morgan fingerprint density at radius 2 is 2.38 bits per heavy atom. The Bertz CT molecular complexity index is 707. The van der Waals surface area contributed by atoms with E-state index in [-0.39, 0.29) is 5.75 Å². The van der Waals surface area contributed by atoms with Crippen LogP contribution in [0.15, 0.2) is 28.3 Å². The molecule has 0 unspecified atom stereocenters. The molecule has 0 aliphatic heterocycles. The van der Waals surface area contributed by atoms with Crippen molar-refractivity contribution in [1.82, 2.24) is 4.37 Å². The zero-order valence-corrected chi connectivity index (χ0v) is 13.0. The molecule has 1 aromatic carbocycles. The predicted octanol–water partition coefficient (Wildman–Crippen LogP) is 2.90. The molecule has 2 rings (SSSR count). The van der Waals surface area contributed by atoms with Gasteiger partial charge >= 0.3 is 0 Å². The first-order chi connectivity index (χ1) is 10.2. The number of para-hydroxylation sites is 1. The van der Waals surface area contributed by atoms with Crippen LogP contribution in [0.2, 0.25) is 0 Å². The quantitative estimate of drug-likeness (QED) is 0.500. The third-order valence-electron chi connectivity index (χ3n) is 2.59. The number of anilines is 1. The van der Waals surface area contributed by atoms with Gasteiger partial charge < -0.3 is 9.84 Å². The summed E-state index contributed by atoms with van der Waals surface area (Å²) in [6.45, 7) is 0. The molecule has 8 heteroatoms. The SMILES string of the molecule is COc1cccc(/C=N/Nc2snc(SC)c2C#N)c1O. The smallest absolute Gasteiger partial charge is 0.166 e. The highest BCUT2D eigenvalue weighted by Crippen LogP contribution is 2.30. The fourth-order valence-electron chi connectivity index (χ4n) is 1.56. The summed E-state index contributed by atoms with van der Waals surface area (Å²) >= 11 is 2.57. The van der Waals surface area contributed by atoms with Gasteiger partial charge in [-0.3, -0.25) is 5.43 Å². The van der Waals surface area contributed by atoms with E-state index in [4.69, 9.17) is 10.00 Å².